The minimum atomic E-state index is 0.149. The van der Waals surface area contributed by atoms with Crippen LogP contribution in [0.25, 0.3) is 0 Å². The molecule has 1 atom stereocenters. The maximum absolute atomic E-state index is 5.41. The lowest BCUT2D eigenvalue weighted by molar-refractivity contribution is 0.144. The van der Waals surface area contributed by atoms with Crippen LogP contribution in [0.5, 0.6) is 11.8 Å². The molecule has 1 unspecified atom stereocenters. The van der Waals surface area contributed by atoms with Crippen LogP contribution in [0, 0.1) is 5.41 Å². The number of rotatable bonds is 5. The summed E-state index contributed by atoms with van der Waals surface area (Å²) in [7, 11) is 5.19. The quantitative estimate of drug-likeness (QED) is 0.898. The van der Waals surface area contributed by atoms with Crippen molar-refractivity contribution in [1.82, 2.24) is 15.3 Å². The molecule has 1 fully saturated rings. The zero-order chi connectivity index (χ0) is 14.6. The van der Waals surface area contributed by atoms with Crippen LogP contribution < -0.4 is 14.8 Å². The monoisotopic (exact) mass is 279 g/mol. The molecule has 5 heteroatoms. The van der Waals surface area contributed by atoms with Crippen LogP contribution >= 0.6 is 0 Å². The average molecular weight is 279 g/mol. The van der Waals surface area contributed by atoms with Gasteiger partial charge >= 0.3 is 0 Å². The largest absolute Gasteiger partial charge is 0.480 e. The van der Waals surface area contributed by atoms with E-state index in [0.29, 0.717) is 11.8 Å². The Balaban J connectivity index is 2.35. The second-order valence-corrected chi connectivity index (χ2v) is 5.74. The molecule has 0 amide bonds. The minimum Gasteiger partial charge on any atom is -0.480 e. The highest BCUT2D eigenvalue weighted by Crippen LogP contribution is 2.46. The summed E-state index contributed by atoms with van der Waals surface area (Å²) in [4.78, 5) is 8.89. The van der Waals surface area contributed by atoms with Crippen LogP contribution in [0.4, 0.5) is 0 Å². The Hall–Kier alpha value is -1.36. The molecule has 112 valence electrons. The van der Waals surface area contributed by atoms with E-state index >= 15 is 0 Å². The van der Waals surface area contributed by atoms with E-state index in [0.717, 1.165) is 5.69 Å². The van der Waals surface area contributed by atoms with Gasteiger partial charge in [-0.1, -0.05) is 26.2 Å². The Morgan fingerprint density at radius 3 is 2.45 bits per heavy atom. The van der Waals surface area contributed by atoms with Crippen LogP contribution in [-0.4, -0.2) is 31.2 Å². The number of nitrogens with zero attached hydrogens (tertiary/aromatic N) is 2. The second kappa shape index (κ2) is 6.39. The fourth-order valence-electron chi connectivity index (χ4n) is 3.28. The van der Waals surface area contributed by atoms with Gasteiger partial charge in [0, 0.05) is 0 Å². The topological polar surface area (TPSA) is 56.3 Å². The van der Waals surface area contributed by atoms with Crippen molar-refractivity contribution in [3.05, 3.63) is 11.9 Å². The van der Waals surface area contributed by atoms with Gasteiger partial charge in [0.1, 0.15) is 5.69 Å². The van der Waals surface area contributed by atoms with E-state index in [9.17, 15) is 0 Å². The van der Waals surface area contributed by atoms with E-state index in [-0.39, 0.29) is 11.5 Å². The molecule has 0 aliphatic heterocycles. The van der Waals surface area contributed by atoms with Gasteiger partial charge < -0.3 is 14.8 Å². The fourth-order valence-corrected chi connectivity index (χ4v) is 3.28. The van der Waals surface area contributed by atoms with Crippen molar-refractivity contribution in [2.45, 2.75) is 45.1 Å². The van der Waals surface area contributed by atoms with E-state index in [4.69, 9.17) is 9.47 Å². The first-order valence-electron chi connectivity index (χ1n) is 7.27. The summed E-state index contributed by atoms with van der Waals surface area (Å²) >= 11 is 0. The van der Waals surface area contributed by atoms with Crippen molar-refractivity contribution in [1.29, 1.82) is 0 Å². The maximum atomic E-state index is 5.41. The number of hydrogen-bond donors (Lipinski definition) is 1. The average Bonchev–Trinajstić information content (AvgIpc) is 2.48. The van der Waals surface area contributed by atoms with Gasteiger partial charge in [-0.3, -0.25) is 0 Å². The van der Waals surface area contributed by atoms with E-state index in [1.807, 2.05) is 7.05 Å². The third-order valence-corrected chi connectivity index (χ3v) is 4.40. The molecule has 1 aliphatic carbocycles. The van der Waals surface area contributed by atoms with Gasteiger partial charge in [-0.15, -0.1) is 0 Å². The number of aromatic nitrogens is 2. The number of hydrogen-bond acceptors (Lipinski definition) is 5. The Kier molecular flexibility index (Phi) is 4.81. The Morgan fingerprint density at radius 2 is 1.90 bits per heavy atom. The van der Waals surface area contributed by atoms with Gasteiger partial charge in [0.25, 0.3) is 0 Å². The third-order valence-electron chi connectivity index (χ3n) is 4.40. The highest BCUT2D eigenvalue weighted by Gasteiger charge is 2.38. The highest BCUT2D eigenvalue weighted by atomic mass is 16.5. The van der Waals surface area contributed by atoms with E-state index in [1.54, 1.807) is 20.4 Å². The zero-order valence-corrected chi connectivity index (χ0v) is 12.9. The standard InChI is InChI=1S/C15H25N3O2/c1-15(8-6-5-7-9-15)13(16-2)12-14(20-4)18-11(19-3)10-17-12/h10,13,16H,5-9H2,1-4H3. The zero-order valence-electron chi connectivity index (χ0n) is 12.9. The summed E-state index contributed by atoms with van der Waals surface area (Å²) < 4.78 is 10.5. The first kappa shape index (κ1) is 15.0. The van der Waals surface area contributed by atoms with Gasteiger partial charge in [-0.2, -0.15) is 4.98 Å². The molecule has 2 rings (SSSR count). The van der Waals surface area contributed by atoms with Gasteiger partial charge in [0.2, 0.25) is 11.8 Å². The molecular formula is C15H25N3O2. The maximum Gasteiger partial charge on any atom is 0.240 e. The van der Waals surface area contributed by atoms with Crippen LogP contribution in [0.15, 0.2) is 6.20 Å². The summed E-state index contributed by atoms with van der Waals surface area (Å²) in [5.74, 6) is 1.03. The van der Waals surface area contributed by atoms with Crippen molar-refractivity contribution in [3.63, 3.8) is 0 Å². The van der Waals surface area contributed by atoms with Gasteiger partial charge in [-0.05, 0) is 25.3 Å². The van der Waals surface area contributed by atoms with Crippen molar-refractivity contribution < 1.29 is 9.47 Å². The fraction of sp³-hybridized carbons (Fsp3) is 0.733. The third kappa shape index (κ3) is 2.87. The Bertz CT molecular complexity index is 445. The lowest BCUT2D eigenvalue weighted by atomic mass is 9.69. The number of nitrogens with one attached hydrogen (secondary N) is 1. The molecule has 0 radical (unpaired) electrons. The Labute approximate surface area is 121 Å². The van der Waals surface area contributed by atoms with E-state index < -0.39 is 0 Å². The lowest BCUT2D eigenvalue weighted by Crippen LogP contribution is -2.37. The van der Waals surface area contributed by atoms with Crippen LogP contribution in [0.2, 0.25) is 0 Å². The number of ether oxygens (including phenoxy) is 2. The predicted octanol–water partition coefficient (Wildman–Crippen LogP) is 2.72. The first-order chi connectivity index (χ1) is 9.64. The van der Waals surface area contributed by atoms with Crippen LogP contribution in [0.1, 0.15) is 50.8 Å². The number of methoxy groups -OCH3 is 2. The summed E-state index contributed by atoms with van der Waals surface area (Å²) in [6.07, 6.45) is 7.96. The first-order valence-corrected chi connectivity index (χ1v) is 7.27. The normalized spacial score (nSPS) is 19.4. The highest BCUT2D eigenvalue weighted by molar-refractivity contribution is 5.27. The molecule has 0 saturated heterocycles. The molecule has 20 heavy (non-hydrogen) atoms. The summed E-state index contributed by atoms with van der Waals surface area (Å²) in [6, 6.07) is 0.149. The summed E-state index contributed by atoms with van der Waals surface area (Å²) in [5.41, 5.74) is 1.07. The molecule has 1 aromatic rings. The summed E-state index contributed by atoms with van der Waals surface area (Å²) in [5, 5.41) is 3.42. The van der Waals surface area contributed by atoms with Gasteiger partial charge in [0.15, 0.2) is 0 Å². The predicted molar refractivity (Wildman–Crippen MR) is 78.1 cm³/mol. The van der Waals surface area contributed by atoms with Crippen molar-refractivity contribution in [2.24, 2.45) is 5.41 Å². The molecule has 5 nitrogen and oxygen atoms in total. The summed E-state index contributed by atoms with van der Waals surface area (Å²) in [6.45, 7) is 2.33. The smallest absolute Gasteiger partial charge is 0.240 e. The molecular weight excluding hydrogens is 254 g/mol. The minimum absolute atomic E-state index is 0.149. The molecule has 0 spiro atoms. The molecule has 1 aliphatic rings. The molecule has 1 saturated carbocycles. The molecule has 0 aromatic carbocycles. The van der Waals surface area contributed by atoms with Crippen molar-refractivity contribution in [3.8, 4) is 11.8 Å². The Morgan fingerprint density at radius 1 is 1.20 bits per heavy atom. The van der Waals surface area contributed by atoms with Crippen LogP contribution in [-0.2, 0) is 0 Å². The van der Waals surface area contributed by atoms with Gasteiger partial charge in [0.05, 0.1) is 26.5 Å². The second-order valence-electron chi connectivity index (χ2n) is 5.74. The molecule has 1 aromatic heterocycles. The van der Waals surface area contributed by atoms with Crippen LogP contribution in [0.3, 0.4) is 0 Å². The van der Waals surface area contributed by atoms with Crippen molar-refractivity contribution in [2.75, 3.05) is 21.3 Å². The van der Waals surface area contributed by atoms with E-state index in [2.05, 4.69) is 22.2 Å². The molecule has 0 bridgehead atoms. The van der Waals surface area contributed by atoms with Crippen molar-refractivity contribution >= 4 is 0 Å². The lowest BCUT2D eigenvalue weighted by Gasteiger charge is -2.40. The SMILES string of the molecule is CNC(c1ncc(OC)nc1OC)C1(C)CCCCC1. The van der Waals surface area contributed by atoms with E-state index in [1.165, 1.54) is 32.1 Å². The molecule has 1 N–H and O–H groups in total. The molecule has 1 heterocycles. The van der Waals surface area contributed by atoms with Gasteiger partial charge in [-0.25, -0.2) is 4.98 Å².